The molecule has 0 amide bonds. The number of benzene rings is 1. The second-order valence-electron chi connectivity index (χ2n) is 4.06. The molecule has 6 nitrogen and oxygen atoms in total. The minimum atomic E-state index is -1.12. The number of ether oxygens (including phenoxy) is 2. The van der Waals surface area contributed by atoms with Crippen molar-refractivity contribution in [2.75, 3.05) is 20.0 Å². The number of hydrogen-bond acceptors (Lipinski definition) is 5. The van der Waals surface area contributed by atoms with E-state index in [1.165, 1.54) is 12.3 Å². The molecule has 1 aromatic carbocycles. The lowest BCUT2D eigenvalue weighted by molar-refractivity contribution is 0.0697. The Morgan fingerprint density at radius 3 is 2.20 bits per heavy atom. The summed E-state index contributed by atoms with van der Waals surface area (Å²) in [5, 5.41) is 9.07. The van der Waals surface area contributed by atoms with Crippen LogP contribution >= 0.6 is 0 Å². The van der Waals surface area contributed by atoms with Gasteiger partial charge in [-0.1, -0.05) is 0 Å². The summed E-state index contributed by atoms with van der Waals surface area (Å²) in [5.41, 5.74) is 6.85. The Morgan fingerprint density at radius 1 is 1.10 bits per heavy atom. The van der Waals surface area contributed by atoms with E-state index in [2.05, 4.69) is 4.98 Å². The normalized spacial score (nSPS) is 10.1. The molecule has 0 aliphatic carbocycles. The number of nitrogens with two attached hydrogens (primary N) is 1. The molecule has 104 valence electrons. The molecule has 2 aromatic rings. The van der Waals surface area contributed by atoms with Crippen molar-refractivity contribution in [3.8, 4) is 22.6 Å². The van der Waals surface area contributed by atoms with Gasteiger partial charge in [-0.05, 0) is 23.8 Å². The number of hydrogen-bond donors (Lipinski definition) is 2. The molecule has 1 heterocycles. The molecule has 2 rings (SSSR count). The zero-order valence-electron chi connectivity index (χ0n) is 11.1. The Bertz CT molecular complexity index is 633. The minimum Gasteiger partial charge on any atom is -0.497 e. The third-order valence-corrected chi connectivity index (χ3v) is 2.83. The maximum Gasteiger partial charge on any atom is 0.339 e. The predicted octanol–water partition coefficient (Wildman–Crippen LogP) is 2.05. The van der Waals surface area contributed by atoms with Crippen molar-refractivity contribution in [2.45, 2.75) is 0 Å². The lowest BCUT2D eigenvalue weighted by Gasteiger charge is -2.09. The van der Waals surface area contributed by atoms with Crippen molar-refractivity contribution in [3.05, 3.63) is 36.0 Å². The summed E-state index contributed by atoms with van der Waals surface area (Å²) in [6.07, 6.45) is 1.51. The van der Waals surface area contributed by atoms with E-state index in [1.807, 2.05) is 0 Å². The Morgan fingerprint density at radius 2 is 1.70 bits per heavy atom. The number of carboxylic acids is 1. The molecule has 3 N–H and O–H groups in total. The Balaban J connectivity index is 2.56. The van der Waals surface area contributed by atoms with Crippen LogP contribution in [-0.2, 0) is 0 Å². The summed E-state index contributed by atoms with van der Waals surface area (Å²) < 4.78 is 10.4. The second kappa shape index (κ2) is 5.48. The quantitative estimate of drug-likeness (QED) is 0.886. The van der Waals surface area contributed by atoms with E-state index in [9.17, 15) is 4.79 Å². The van der Waals surface area contributed by atoms with Gasteiger partial charge in [0.15, 0.2) is 0 Å². The van der Waals surface area contributed by atoms with E-state index in [0.29, 0.717) is 17.1 Å². The Hall–Kier alpha value is -2.76. The number of pyridine rings is 1. The first kappa shape index (κ1) is 13.7. The summed E-state index contributed by atoms with van der Waals surface area (Å²) in [6.45, 7) is 0. The van der Waals surface area contributed by atoms with E-state index in [1.54, 1.807) is 32.4 Å². The summed E-state index contributed by atoms with van der Waals surface area (Å²) >= 11 is 0. The first-order valence-corrected chi connectivity index (χ1v) is 5.77. The van der Waals surface area contributed by atoms with Gasteiger partial charge < -0.3 is 20.3 Å². The van der Waals surface area contributed by atoms with Crippen LogP contribution in [0.2, 0.25) is 0 Å². The maximum absolute atomic E-state index is 11.1. The molecule has 0 radical (unpaired) electrons. The van der Waals surface area contributed by atoms with Crippen LogP contribution in [0.15, 0.2) is 30.5 Å². The first-order chi connectivity index (χ1) is 9.55. The fourth-order valence-electron chi connectivity index (χ4n) is 1.78. The molecule has 0 unspecified atom stereocenters. The molecule has 0 bridgehead atoms. The van der Waals surface area contributed by atoms with Crippen molar-refractivity contribution >= 4 is 11.8 Å². The molecule has 0 saturated heterocycles. The SMILES string of the molecule is COc1cc(OC)cc(-c2cnc(N)c(C(=O)O)c2)c1. The molecular weight excluding hydrogens is 260 g/mol. The molecule has 0 aliphatic rings. The number of nitrogens with zero attached hydrogens (tertiary/aromatic N) is 1. The average molecular weight is 274 g/mol. The number of carboxylic acid groups (broad SMARTS) is 1. The highest BCUT2D eigenvalue weighted by molar-refractivity contribution is 5.94. The average Bonchev–Trinajstić information content (AvgIpc) is 2.46. The smallest absolute Gasteiger partial charge is 0.339 e. The van der Waals surface area contributed by atoms with Gasteiger partial charge in [-0.15, -0.1) is 0 Å². The second-order valence-corrected chi connectivity index (χ2v) is 4.06. The molecule has 0 fully saturated rings. The highest BCUT2D eigenvalue weighted by atomic mass is 16.5. The maximum atomic E-state index is 11.1. The van der Waals surface area contributed by atoms with E-state index in [-0.39, 0.29) is 11.4 Å². The van der Waals surface area contributed by atoms with Crippen LogP contribution in [0.25, 0.3) is 11.1 Å². The summed E-state index contributed by atoms with van der Waals surface area (Å²) in [4.78, 5) is 15.0. The highest BCUT2D eigenvalue weighted by Gasteiger charge is 2.12. The number of aromatic carboxylic acids is 1. The van der Waals surface area contributed by atoms with Gasteiger partial charge in [-0.2, -0.15) is 0 Å². The molecule has 0 atom stereocenters. The molecule has 0 aliphatic heterocycles. The Labute approximate surface area is 115 Å². The van der Waals surface area contributed by atoms with Crippen LogP contribution in [-0.4, -0.2) is 30.3 Å². The molecule has 0 spiro atoms. The monoisotopic (exact) mass is 274 g/mol. The lowest BCUT2D eigenvalue weighted by Crippen LogP contribution is -2.04. The number of carbonyl (C=O) groups is 1. The van der Waals surface area contributed by atoms with Crippen molar-refractivity contribution in [1.29, 1.82) is 0 Å². The lowest BCUT2D eigenvalue weighted by atomic mass is 10.0. The predicted molar refractivity (Wildman–Crippen MR) is 74.1 cm³/mol. The van der Waals surface area contributed by atoms with Crippen LogP contribution in [0.3, 0.4) is 0 Å². The molecule has 6 heteroatoms. The fraction of sp³-hybridized carbons (Fsp3) is 0.143. The highest BCUT2D eigenvalue weighted by Crippen LogP contribution is 2.30. The van der Waals surface area contributed by atoms with Crippen molar-refractivity contribution in [1.82, 2.24) is 4.98 Å². The van der Waals surface area contributed by atoms with Gasteiger partial charge in [-0.25, -0.2) is 9.78 Å². The molecular formula is C14H14N2O4. The van der Waals surface area contributed by atoms with Crippen LogP contribution in [0.1, 0.15) is 10.4 Å². The Kier molecular flexibility index (Phi) is 3.74. The number of methoxy groups -OCH3 is 2. The van der Waals surface area contributed by atoms with E-state index in [4.69, 9.17) is 20.3 Å². The first-order valence-electron chi connectivity index (χ1n) is 5.77. The van der Waals surface area contributed by atoms with Crippen LogP contribution in [0.4, 0.5) is 5.82 Å². The third kappa shape index (κ3) is 2.64. The van der Waals surface area contributed by atoms with Gasteiger partial charge in [0, 0.05) is 17.8 Å². The van der Waals surface area contributed by atoms with Crippen molar-refractivity contribution in [2.24, 2.45) is 0 Å². The molecule has 20 heavy (non-hydrogen) atoms. The van der Waals surface area contributed by atoms with Gasteiger partial charge in [0.1, 0.15) is 22.9 Å². The van der Waals surface area contributed by atoms with Gasteiger partial charge in [-0.3, -0.25) is 0 Å². The zero-order chi connectivity index (χ0) is 14.7. The van der Waals surface area contributed by atoms with Crippen LogP contribution in [0.5, 0.6) is 11.5 Å². The van der Waals surface area contributed by atoms with Gasteiger partial charge in [0.2, 0.25) is 0 Å². The number of aromatic nitrogens is 1. The summed E-state index contributed by atoms with van der Waals surface area (Å²) in [7, 11) is 3.09. The van der Waals surface area contributed by atoms with E-state index < -0.39 is 5.97 Å². The minimum absolute atomic E-state index is 0.0175. The van der Waals surface area contributed by atoms with E-state index >= 15 is 0 Å². The number of anilines is 1. The van der Waals surface area contributed by atoms with Gasteiger partial charge in [0.25, 0.3) is 0 Å². The number of nitrogen functional groups attached to an aromatic ring is 1. The van der Waals surface area contributed by atoms with E-state index in [0.717, 1.165) is 5.56 Å². The summed E-state index contributed by atoms with van der Waals surface area (Å²) in [6, 6.07) is 6.73. The molecule has 0 saturated carbocycles. The number of rotatable bonds is 4. The topological polar surface area (TPSA) is 94.7 Å². The summed E-state index contributed by atoms with van der Waals surface area (Å²) in [5.74, 6) is 0.0731. The zero-order valence-corrected chi connectivity index (χ0v) is 11.1. The largest absolute Gasteiger partial charge is 0.497 e. The van der Waals surface area contributed by atoms with Crippen molar-refractivity contribution < 1.29 is 19.4 Å². The van der Waals surface area contributed by atoms with Crippen LogP contribution in [0, 0.1) is 0 Å². The van der Waals surface area contributed by atoms with Gasteiger partial charge in [0.05, 0.1) is 14.2 Å². The fourth-order valence-corrected chi connectivity index (χ4v) is 1.78. The standard InChI is InChI=1S/C14H14N2O4/c1-19-10-3-8(4-11(6-10)20-2)9-5-12(14(17)18)13(15)16-7-9/h3-7H,1-2H3,(H2,15,16)(H,17,18). The van der Waals surface area contributed by atoms with Crippen molar-refractivity contribution in [3.63, 3.8) is 0 Å². The van der Waals surface area contributed by atoms with Crippen LogP contribution < -0.4 is 15.2 Å². The molecule has 1 aromatic heterocycles. The third-order valence-electron chi connectivity index (χ3n) is 2.83. The van der Waals surface area contributed by atoms with Gasteiger partial charge >= 0.3 is 5.97 Å².